The standard InChI is InChI=1S/C13H7Cl2NO3S/c14-11-4-9(5-12(15)6-11)10-3-8-1-2-20(17,18)19-13(8)16-7-10/h1-7H. The Bertz CT molecular complexity index is 811. The van der Waals surface area contributed by atoms with Crippen LogP contribution in [-0.2, 0) is 10.1 Å². The van der Waals surface area contributed by atoms with Crippen LogP contribution in [0, 0.1) is 0 Å². The van der Waals surface area contributed by atoms with E-state index in [2.05, 4.69) is 4.98 Å². The molecule has 4 nitrogen and oxygen atoms in total. The minimum atomic E-state index is -3.67. The summed E-state index contributed by atoms with van der Waals surface area (Å²) in [6.07, 6.45) is 2.95. The summed E-state index contributed by atoms with van der Waals surface area (Å²) in [5.74, 6) is 0.0596. The molecule has 0 radical (unpaired) electrons. The fourth-order valence-corrected chi connectivity index (χ4v) is 3.09. The average Bonchev–Trinajstić information content (AvgIpc) is 2.36. The van der Waals surface area contributed by atoms with Crippen molar-refractivity contribution in [3.05, 3.63) is 51.5 Å². The van der Waals surface area contributed by atoms with Crippen molar-refractivity contribution in [3.8, 4) is 17.0 Å². The quantitative estimate of drug-likeness (QED) is 0.748. The number of aromatic nitrogens is 1. The Labute approximate surface area is 125 Å². The summed E-state index contributed by atoms with van der Waals surface area (Å²) < 4.78 is 27.3. The maximum absolute atomic E-state index is 11.3. The Kier molecular flexibility index (Phi) is 3.20. The lowest BCUT2D eigenvalue weighted by molar-refractivity contribution is 0.484. The normalized spacial score (nSPS) is 15.5. The van der Waals surface area contributed by atoms with Gasteiger partial charge in [-0.15, -0.1) is 0 Å². The molecule has 1 aliphatic rings. The molecule has 7 heteroatoms. The zero-order valence-electron chi connectivity index (χ0n) is 9.88. The molecule has 2 aromatic rings. The van der Waals surface area contributed by atoms with E-state index >= 15 is 0 Å². The van der Waals surface area contributed by atoms with E-state index in [0.717, 1.165) is 16.5 Å². The Balaban J connectivity index is 2.10. The first kappa shape index (κ1) is 13.4. The lowest BCUT2D eigenvalue weighted by Crippen LogP contribution is -2.10. The Morgan fingerprint density at radius 2 is 1.70 bits per heavy atom. The SMILES string of the molecule is O=S1(=O)C=Cc2cc(-c3cc(Cl)cc(Cl)c3)cnc2O1. The van der Waals surface area contributed by atoms with Gasteiger partial charge in [0.2, 0.25) is 5.88 Å². The van der Waals surface area contributed by atoms with E-state index < -0.39 is 10.1 Å². The Hall–Kier alpha value is -1.56. The molecule has 20 heavy (non-hydrogen) atoms. The number of fused-ring (bicyclic) bond motifs is 1. The number of halogens is 2. The maximum atomic E-state index is 11.3. The summed E-state index contributed by atoms with van der Waals surface area (Å²) in [7, 11) is -3.67. The van der Waals surface area contributed by atoms with Gasteiger partial charge in [0, 0.05) is 27.4 Å². The maximum Gasteiger partial charge on any atom is 0.333 e. The second-order valence-electron chi connectivity index (χ2n) is 4.16. The van der Waals surface area contributed by atoms with Crippen LogP contribution in [0.3, 0.4) is 0 Å². The van der Waals surface area contributed by atoms with Gasteiger partial charge in [0.25, 0.3) is 0 Å². The number of hydrogen-bond donors (Lipinski definition) is 0. The molecule has 1 aliphatic heterocycles. The van der Waals surface area contributed by atoms with Gasteiger partial charge in [-0.1, -0.05) is 23.2 Å². The first-order valence-corrected chi connectivity index (χ1v) is 7.75. The van der Waals surface area contributed by atoms with Crippen molar-refractivity contribution in [3.63, 3.8) is 0 Å². The molecule has 0 bridgehead atoms. The molecule has 0 unspecified atom stereocenters. The van der Waals surface area contributed by atoms with E-state index in [4.69, 9.17) is 27.4 Å². The highest BCUT2D eigenvalue weighted by Gasteiger charge is 2.18. The fourth-order valence-electron chi connectivity index (χ4n) is 1.83. The van der Waals surface area contributed by atoms with Gasteiger partial charge in [0.05, 0.1) is 5.41 Å². The van der Waals surface area contributed by atoms with Gasteiger partial charge in [-0.25, -0.2) is 4.98 Å². The van der Waals surface area contributed by atoms with Crippen molar-refractivity contribution < 1.29 is 12.6 Å². The summed E-state index contributed by atoms with van der Waals surface area (Å²) in [6.45, 7) is 0. The molecule has 0 spiro atoms. The monoisotopic (exact) mass is 327 g/mol. The van der Waals surface area contributed by atoms with Crippen LogP contribution in [0.25, 0.3) is 17.2 Å². The molecule has 0 atom stereocenters. The number of nitrogens with zero attached hydrogens (tertiary/aromatic N) is 1. The molecule has 0 saturated heterocycles. The van der Waals surface area contributed by atoms with Gasteiger partial charge >= 0.3 is 10.1 Å². The molecule has 0 N–H and O–H groups in total. The fraction of sp³-hybridized carbons (Fsp3) is 0. The van der Waals surface area contributed by atoms with Crippen LogP contribution in [0.2, 0.25) is 10.0 Å². The first-order chi connectivity index (χ1) is 9.43. The molecular formula is C13H7Cl2NO3S. The summed E-state index contributed by atoms with van der Waals surface area (Å²) in [6, 6.07) is 6.89. The van der Waals surface area contributed by atoms with Crippen LogP contribution in [0.5, 0.6) is 5.88 Å². The third-order valence-corrected chi connectivity index (χ3v) is 3.98. The molecular weight excluding hydrogens is 321 g/mol. The summed E-state index contributed by atoms with van der Waals surface area (Å²) >= 11 is 11.9. The third-order valence-electron chi connectivity index (χ3n) is 2.68. The van der Waals surface area contributed by atoms with Crippen LogP contribution in [0.4, 0.5) is 0 Å². The molecule has 1 aromatic heterocycles. The minimum absolute atomic E-state index is 0.0596. The Morgan fingerprint density at radius 3 is 2.40 bits per heavy atom. The van der Waals surface area contributed by atoms with Crippen molar-refractivity contribution in [1.82, 2.24) is 4.98 Å². The topological polar surface area (TPSA) is 56.3 Å². The van der Waals surface area contributed by atoms with Crippen molar-refractivity contribution in [1.29, 1.82) is 0 Å². The van der Waals surface area contributed by atoms with Gasteiger partial charge in [-0.3, -0.25) is 0 Å². The highest BCUT2D eigenvalue weighted by Crippen LogP contribution is 2.31. The van der Waals surface area contributed by atoms with Crippen molar-refractivity contribution in [2.45, 2.75) is 0 Å². The van der Waals surface area contributed by atoms with E-state index in [9.17, 15) is 8.42 Å². The average molecular weight is 328 g/mol. The molecule has 102 valence electrons. The van der Waals surface area contributed by atoms with Gasteiger partial charge < -0.3 is 4.18 Å². The molecule has 2 heterocycles. The molecule has 1 aromatic carbocycles. The van der Waals surface area contributed by atoms with E-state index in [-0.39, 0.29) is 5.88 Å². The van der Waals surface area contributed by atoms with Crippen LogP contribution in [-0.4, -0.2) is 13.4 Å². The number of rotatable bonds is 1. The molecule has 0 amide bonds. The number of hydrogen-bond acceptors (Lipinski definition) is 4. The van der Waals surface area contributed by atoms with Crippen molar-refractivity contribution in [2.24, 2.45) is 0 Å². The van der Waals surface area contributed by atoms with Crippen LogP contribution in [0.1, 0.15) is 5.56 Å². The highest BCUT2D eigenvalue weighted by atomic mass is 35.5. The number of benzene rings is 1. The molecule has 0 aliphatic carbocycles. The zero-order valence-corrected chi connectivity index (χ0v) is 12.2. The van der Waals surface area contributed by atoms with E-state index in [0.29, 0.717) is 15.6 Å². The largest absolute Gasteiger partial charge is 0.358 e. The molecule has 3 rings (SSSR count). The zero-order chi connectivity index (χ0) is 14.3. The summed E-state index contributed by atoms with van der Waals surface area (Å²) in [5.41, 5.74) is 2.13. The molecule has 0 saturated carbocycles. The van der Waals surface area contributed by atoms with Gasteiger partial charge in [0.15, 0.2) is 0 Å². The second-order valence-corrected chi connectivity index (χ2v) is 6.45. The highest BCUT2D eigenvalue weighted by molar-refractivity contribution is 7.90. The molecule has 0 fully saturated rings. The minimum Gasteiger partial charge on any atom is -0.358 e. The smallest absolute Gasteiger partial charge is 0.333 e. The van der Waals surface area contributed by atoms with E-state index in [1.165, 1.54) is 12.3 Å². The van der Waals surface area contributed by atoms with Gasteiger partial charge in [0.1, 0.15) is 0 Å². The summed E-state index contributed by atoms with van der Waals surface area (Å²) in [4.78, 5) is 4.01. The Morgan fingerprint density at radius 1 is 1.00 bits per heavy atom. The van der Waals surface area contributed by atoms with Crippen LogP contribution >= 0.6 is 23.2 Å². The third kappa shape index (κ3) is 2.65. The lowest BCUT2D eigenvalue weighted by atomic mass is 10.1. The second kappa shape index (κ2) is 4.77. The number of pyridine rings is 1. The van der Waals surface area contributed by atoms with Crippen molar-refractivity contribution >= 4 is 39.4 Å². The lowest BCUT2D eigenvalue weighted by Gasteiger charge is -2.12. The first-order valence-electron chi connectivity index (χ1n) is 5.52. The van der Waals surface area contributed by atoms with E-state index in [1.807, 2.05) is 0 Å². The van der Waals surface area contributed by atoms with E-state index in [1.54, 1.807) is 24.3 Å². The predicted octanol–water partition coefficient (Wildman–Crippen LogP) is 3.75. The van der Waals surface area contributed by atoms with Crippen molar-refractivity contribution in [2.75, 3.05) is 0 Å². The van der Waals surface area contributed by atoms with Crippen LogP contribution < -0.4 is 4.18 Å². The predicted molar refractivity (Wildman–Crippen MR) is 78.3 cm³/mol. The van der Waals surface area contributed by atoms with Gasteiger partial charge in [-0.05, 0) is 35.9 Å². The summed E-state index contributed by atoms with van der Waals surface area (Å²) in [5, 5.41) is 2.02. The van der Waals surface area contributed by atoms with Gasteiger partial charge in [-0.2, -0.15) is 8.42 Å². The van der Waals surface area contributed by atoms with Crippen LogP contribution in [0.15, 0.2) is 35.9 Å².